The van der Waals surface area contributed by atoms with Crippen LogP contribution in [0.1, 0.15) is 18.0 Å². The molecule has 1 saturated heterocycles. The van der Waals surface area contributed by atoms with Crippen molar-refractivity contribution in [2.24, 2.45) is 0 Å². The van der Waals surface area contributed by atoms with Crippen LogP contribution in [0.15, 0.2) is 71.9 Å². The molecule has 3 atom stereocenters. The van der Waals surface area contributed by atoms with E-state index in [1.54, 1.807) is 11.1 Å². The number of carbonyl (C=O) groups excluding carboxylic acids is 2. The number of hydrogen-bond donors (Lipinski definition) is 2. The molecule has 2 N–H and O–H groups in total. The topological polar surface area (TPSA) is 77.6 Å². The van der Waals surface area contributed by atoms with E-state index in [9.17, 15) is 9.59 Å². The fourth-order valence-corrected chi connectivity index (χ4v) is 6.31. The van der Waals surface area contributed by atoms with Crippen LogP contribution in [0.2, 0.25) is 0 Å². The van der Waals surface area contributed by atoms with Gasteiger partial charge in [-0.3, -0.25) is 9.69 Å². The van der Waals surface area contributed by atoms with Gasteiger partial charge in [-0.05, 0) is 49.3 Å². The highest BCUT2D eigenvalue weighted by Crippen LogP contribution is 2.50. The third-order valence-electron chi connectivity index (χ3n) is 6.71. The lowest BCUT2D eigenvalue weighted by Crippen LogP contribution is -2.50. The van der Waals surface area contributed by atoms with E-state index in [1.165, 1.54) is 11.8 Å². The summed E-state index contributed by atoms with van der Waals surface area (Å²) >= 11 is 1.44. The second kappa shape index (κ2) is 8.45. The van der Waals surface area contributed by atoms with E-state index in [2.05, 4.69) is 39.7 Å². The molecule has 4 heterocycles. The molecule has 3 aromatic rings. The lowest BCUT2D eigenvalue weighted by molar-refractivity contribution is -0.121. The summed E-state index contributed by atoms with van der Waals surface area (Å²) in [5.41, 5.74) is 4.60. The molecule has 3 aliphatic rings. The lowest BCUT2D eigenvalue weighted by Gasteiger charge is -2.34. The predicted molar refractivity (Wildman–Crippen MR) is 133 cm³/mol. The van der Waals surface area contributed by atoms with Crippen LogP contribution < -0.4 is 15.5 Å². The van der Waals surface area contributed by atoms with Gasteiger partial charge in [0.15, 0.2) is 0 Å². The van der Waals surface area contributed by atoms with Crippen LogP contribution in [0.5, 0.6) is 0 Å². The second-order valence-electron chi connectivity index (χ2n) is 9.02. The predicted octanol–water partition coefficient (Wildman–Crippen LogP) is 3.95. The molecule has 6 rings (SSSR count). The molecule has 2 unspecified atom stereocenters. The minimum absolute atomic E-state index is 0.0425. The maximum Gasteiger partial charge on any atom is 0.327 e. The summed E-state index contributed by atoms with van der Waals surface area (Å²) in [6, 6.07) is 19.4. The summed E-state index contributed by atoms with van der Waals surface area (Å²) in [5, 5.41) is 6.65. The zero-order valence-corrected chi connectivity index (χ0v) is 19.6. The molecule has 0 saturated carbocycles. The van der Waals surface area contributed by atoms with Crippen LogP contribution in [-0.4, -0.2) is 53.3 Å². The monoisotopic (exact) mass is 471 g/mol. The molecule has 8 heteroatoms. The number of hydrogen-bond acceptors (Lipinski definition) is 5. The molecule has 172 valence electrons. The van der Waals surface area contributed by atoms with Crippen LogP contribution in [0.4, 0.5) is 16.2 Å². The van der Waals surface area contributed by atoms with Crippen LogP contribution in [0, 0.1) is 0 Å². The van der Waals surface area contributed by atoms with Crippen molar-refractivity contribution in [2.75, 3.05) is 25.0 Å². The molecular formula is C26H25N5O2S. The van der Waals surface area contributed by atoms with Gasteiger partial charge >= 0.3 is 6.03 Å². The Morgan fingerprint density at radius 1 is 1.12 bits per heavy atom. The maximum atomic E-state index is 13.4. The number of nitrogens with one attached hydrogen (secondary N) is 2. The molecule has 0 bridgehead atoms. The number of likely N-dealkylation sites (N-methyl/N-ethyl adjacent to an activating group) is 1. The van der Waals surface area contributed by atoms with E-state index in [4.69, 9.17) is 0 Å². The molecule has 0 aliphatic carbocycles. The zero-order chi connectivity index (χ0) is 23.2. The van der Waals surface area contributed by atoms with E-state index in [-0.39, 0.29) is 18.0 Å². The van der Waals surface area contributed by atoms with Crippen molar-refractivity contribution in [1.82, 2.24) is 20.5 Å². The Kier molecular flexibility index (Phi) is 5.27. The number of thioether (sulfide) groups is 1. The average molecular weight is 472 g/mol. The number of anilines is 2. The summed E-state index contributed by atoms with van der Waals surface area (Å²) < 4.78 is 0. The van der Waals surface area contributed by atoms with E-state index in [0.717, 1.165) is 52.6 Å². The van der Waals surface area contributed by atoms with Gasteiger partial charge in [-0.2, -0.15) is 0 Å². The SMILES string of the molecule is CN1CCC(NC(=O)[C@@H]2Sc3nccc4c3C2NC(=O)N4c2cccc(-c3ccccc3)c2)C1. The number of carbonyl (C=O) groups is 2. The van der Waals surface area contributed by atoms with Crippen molar-refractivity contribution < 1.29 is 9.59 Å². The fourth-order valence-electron chi connectivity index (χ4n) is 5.07. The van der Waals surface area contributed by atoms with Gasteiger partial charge in [0.2, 0.25) is 5.91 Å². The standard InChI is InChI=1S/C26H25N5O2S/c1-30-13-11-18(15-30)28-24(32)23-22-21-20(10-12-27-25(21)34-23)31(26(33)29-22)19-9-5-8-17(14-19)16-6-3-2-4-7-16/h2-10,12,14,18,22-23H,11,13,15H2,1H3,(H,28,32)(H,29,33)/t18?,22?,23-/m1/s1. The smallest absolute Gasteiger partial charge is 0.327 e. The molecule has 1 aromatic heterocycles. The van der Waals surface area contributed by atoms with Gasteiger partial charge in [-0.15, -0.1) is 0 Å². The zero-order valence-electron chi connectivity index (χ0n) is 18.8. The average Bonchev–Trinajstić information content (AvgIpc) is 3.44. The summed E-state index contributed by atoms with van der Waals surface area (Å²) in [7, 11) is 2.06. The van der Waals surface area contributed by atoms with Crippen LogP contribution >= 0.6 is 11.8 Å². The van der Waals surface area contributed by atoms with Gasteiger partial charge in [0.25, 0.3) is 0 Å². The number of aromatic nitrogens is 1. The van der Waals surface area contributed by atoms with Crippen molar-refractivity contribution in [3.05, 3.63) is 72.4 Å². The number of benzene rings is 2. The first-order valence-electron chi connectivity index (χ1n) is 11.5. The highest BCUT2D eigenvalue weighted by molar-refractivity contribution is 8.01. The van der Waals surface area contributed by atoms with E-state index in [0.29, 0.717) is 0 Å². The lowest BCUT2D eigenvalue weighted by atomic mass is 9.99. The minimum Gasteiger partial charge on any atom is -0.351 e. The van der Waals surface area contributed by atoms with Gasteiger partial charge < -0.3 is 15.5 Å². The summed E-state index contributed by atoms with van der Waals surface area (Å²) in [4.78, 5) is 35.0. The highest BCUT2D eigenvalue weighted by atomic mass is 32.2. The molecule has 0 spiro atoms. The van der Waals surface area contributed by atoms with Gasteiger partial charge in [0.05, 0.1) is 17.4 Å². The normalized spacial score (nSPS) is 23.5. The quantitative estimate of drug-likeness (QED) is 0.603. The Bertz CT molecular complexity index is 1270. The van der Waals surface area contributed by atoms with E-state index < -0.39 is 11.3 Å². The van der Waals surface area contributed by atoms with E-state index in [1.807, 2.05) is 48.5 Å². The first-order chi connectivity index (χ1) is 16.6. The summed E-state index contributed by atoms with van der Waals surface area (Å²) in [5.74, 6) is -0.0425. The Morgan fingerprint density at radius 2 is 1.94 bits per heavy atom. The second-order valence-corrected chi connectivity index (χ2v) is 10.2. The van der Waals surface area contributed by atoms with Gasteiger partial charge in [0, 0.05) is 24.3 Å². The molecule has 7 nitrogen and oxygen atoms in total. The largest absolute Gasteiger partial charge is 0.351 e. The number of rotatable bonds is 4. The van der Waals surface area contributed by atoms with Crippen molar-refractivity contribution in [3.63, 3.8) is 0 Å². The van der Waals surface area contributed by atoms with Crippen LogP contribution in [-0.2, 0) is 4.79 Å². The number of urea groups is 1. The molecule has 1 fully saturated rings. The minimum atomic E-state index is -0.434. The number of nitrogens with zero attached hydrogens (tertiary/aromatic N) is 3. The summed E-state index contributed by atoms with van der Waals surface area (Å²) in [6.07, 6.45) is 2.66. The van der Waals surface area contributed by atoms with E-state index >= 15 is 0 Å². The maximum absolute atomic E-state index is 13.4. The Morgan fingerprint density at radius 3 is 2.74 bits per heavy atom. The first-order valence-corrected chi connectivity index (χ1v) is 12.4. The van der Waals surface area contributed by atoms with Gasteiger partial charge in [-0.1, -0.05) is 54.2 Å². The van der Waals surface area contributed by atoms with Gasteiger partial charge in [0.1, 0.15) is 10.3 Å². The molecule has 0 radical (unpaired) electrons. The Balaban J connectivity index is 1.32. The number of pyridine rings is 1. The van der Waals surface area contributed by atoms with Crippen molar-refractivity contribution >= 4 is 35.1 Å². The number of likely N-dealkylation sites (tertiary alicyclic amines) is 1. The molecular weight excluding hydrogens is 446 g/mol. The molecule has 3 aliphatic heterocycles. The van der Waals surface area contributed by atoms with Crippen LogP contribution in [0.25, 0.3) is 11.1 Å². The third-order valence-corrected chi connectivity index (χ3v) is 8.00. The molecule has 34 heavy (non-hydrogen) atoms. The van der Waals surface area contributed by atoms with Crippen molar-refractivity contribution in [3.8, 4) is 11.1 Å². The fraction of sp³-hybridized carbons (Fsp3) is 0.269. The van der Waals surface area contributed by atoms with Crippen molar-refractivity contribution in [2.45, 2.75) is 28.8 Å². The third kappa shape index (κ3) is 3.63. The molecule has 3 amide bonds. The van der Waals surface area contributed by atoms with Crippen molar-refractivity contribution in [1.29, 1.82) is 0 Å². The highest BCUT2D eigenvalue weighted by Gasteiger charge is 2.47. The number of amides is 3. The van der Waals surface area contributed by atoms with Crippen LogP contribution in [0.3, 0.4) is 0 Å². The Hall–Kier alpha value is -3.36. The van der Waals surface area contributed by atoms with Gasteiger partial charge in [-0.25, -0.2) is 9.78 Å². The Labute approximate surface area is 202 Å². The molecule has 2 aromatic carbocycles. The summed E-state index contributed by atoms with van der Waals surface area (Å²) in [6.45, 7) is 1.83. The first kappa shape index (κ1) is 21.2.